The molecule has 2 rings (SSSR count). The van der Waals surface area contributed by atoms with E-state index in [0.29, 0.717) is 5.88 Å². The summed E-state index contributed by atoms with van der Waals surface area (Å²) in [7, 11) is 3.81. The van der Waals surface area contributed by atoms with Crippen LogP contribution in [-0.4, -0.2) is 47.6 Å². The highest BCUT2D eigenvalue weighted by Gasteiger charge is 2.13. The van der Waals surface area contributed by atoms with Crippen LogP contribution in [0.2, 0.25) is 0 Å². The molecule has 1 heterocycles. The molecule has 0 N–H and O–H groups in total. The van der Waals surface area contributed by atoms with Crippen LogP contribution in [0.25, 0.3) is 11.0 Å². The molecule has 0 fully saturated rings. The van der Waals surface area contributed by atoms with Crippen LogP contribution >= 0.6 is 11.6 Å². The van der Waals surface area contributed by atoms with Crippen LogP contribution in [0.4, 0.5) is 0 Å². The molecule has 0 bridgehead atoms. The van der Waals surface area contributed by atoms with Gasteiger partial charge in [-0.1, -0.05) is 13.0 Å². The number of nitrogens with zero attached hydrogens (tertiary/aromatic N) is 3. The van der Waals surface area contributed by atoms with Gasteiger partial charge in [-0.15, -0.1) is 11.6 Å². The normalized spacial score (nSPS) is 11.4. The van der Waals surface area contributed by atoms with Crippen molar-refractivity contribution in [1.82, 2.24) is 14.5 Å². The van der Waals surface area contributed by atoms with E-state index in [1.807, 2.05) is 12.1 Å². The van der Waals surface area contributed by atoms with Gasteiger partial charge in [0.05, 0.1) is 12.6 Å². The van der Waals surface area contributed by atoms with Crippen LogP contribution in [0, 0.1) is 0 Å². The van der Waals surface area contributed by atoms with Crippen molar-refractivity contribution in [1.29, 1.82) is 0 Å². The smallest absolute Gasteiger partial charge is 0.146 e. The Kier molecular flexibility index (Phi) is 5.26. The van der Waals surface area contributed by atoms with Crippen molar-refractivity contribution in [2.75, 3.05) is 33.1 Å². The van der Waals surface area contributed by atoms with Gasteiger partial charge in [0, 0.05) is 25.4 Å². The van der Waals surface area contributed by atoms with E-state index in [4.69, 9.17) is 21.3 Å². The predicted molar refractivity (Wildman–Crippen MR) is 83.9 cm³/mol. The molecule has 0 spiro atoms. The molecule has 110 valence electrons. The SMILES string of the molecule is CCN(C)CCn1c(CCCl)nc2c(OC)cccc21. The van der Waals surface area contributed by atoms with Crippen LogP contribution in [0.5, 0.6) is 5.75 Å². The number of aryl methyl sites for hydroxylation is 1. The maximum absolute atomic E-state index is 5.90. The Morgan fingerprint density at radius 2 is 2.20 bits per heavy atom. The number of fused-ring (bicyclic) bond motifs is 1. The van der Waals surface area contributed by atoms with E-state index in [9.17, 15) is 0 Å². The standard InChI is InChI=1S/C15H22ClN3O/c1-4-18(2)10-11-19-12-6-5-7-13(20-3)15(12)17-14(19)8-9-16/h5-7H,4,8-11H2,1-3H3. The molecule has 1 aromatic heterocycles. The van der Waals surface area contributed by atoms with Gasteiger partial charge in [0.25, 0.3) is 0 Å². The highest BCUT2D eigenvalue weighted by molar-refractivity contribution is 6.17. The van der Waals surface area contributed by atoms with E-state index in [2.05, 4.69) is 29.5 Å². The molecule has 0 aliphatic heterocycles. The van der Waals surface area contributed by atoms with Gasteiger partial charge >= 0.3 is 0 Å². The molecule has 0 saturated carbocycles. The third-order valence-corrected chi connectivity index (χ3v) is 3.79. The summed E-state index contributed by atoms with van der Waals surface area (Å²) in [4.78, 5) is 7.00. The molecular weight excluding hydrogens is 274 g/mol. The minimum Gasteiger partial charge on any atom is -0.494 e. The summed E-state index contributed by atoms with van der Waals surface area (Å²) in [5.41, 5.74) is 2.04. The second-order valence-electron chi connectivity index (χ2n) is 4.84. The zero-order valence-electron chi connectivity index (χ0n) is 12.4. The van der Waals surface area contributed by atoms with Crippen molar-refractivity contribution < 1.29 is 4.74 Å². The lowest BCUT2D eigenvalue weighted by atomic mass is 10.3. The Hall–Kier alpha value is -1.26. The van der Waals surface area contributed by atoms with Crippen LogP contribution in [0.1, 0.15) is 12.7 Å². The summed E-state index contributed by atoms with van der Waals surface area (Å²) in [6, 6.07) is 6.05. The minimum atomic E-state index is 0.579. The number of methoxy groups -OCH3 is 1. The van der Waals surface area contributed by atoms with E-state index in [1.54, 1.807) is 7.11 Å². The minimum absolute atomic E-state index is 0.579. The number of aromatic nitrogens is 2. The van der Waals surface area contributed by atoms with Crippen LogP contribution in [0.3, 0.4) is 0 Å². The number of benzene rings is 1. The monoisotopic (exact) mass is 295 g/mol. The first-order chi connectivity index (χ1) is 9.71. The third-order valence-electron chi connectivity index (χ3n) is 3.60. The number of alkyl halides is 1. The van der Waals surface area contributed by atoms with Crippen LogP contribution < -0.4 is 4.74 Å². The average molecular weight is 296 g/mol. The number of hydrogen-bond acceptors (Lipinski definition) is 3. The number of likely N-dealkylation sites (N-methyl/N-ethyl adjacent to an activating group) is 1. The number of hydrogen-bond donors (Lipinski definition) is 0. The summed E-state index contributed by atoms with van der Waals surface area (Å²) < 4.78 is 7.66. The number of rotatable bonds is 7. The van der Waals surface area contributed by atoms with Crippen molar-refractivity contribution in [2.45, 2.75) is 19.9 Å². The first-order valence-electron chi connectivity index (χ1n) is 6.97. The number of para-hydroxylation sites is 1. The fraction of sp³-hybridized carbons (Fsp3) is 0.533. The van der Waals surface area contributed by atoms with Crippen LogP contribution in [0.15, 0.2) is 18.2 Å². The van der Waals surface area contributed by atoms with Crippen molar-refractivity contribution in [3.8, 4) is 5.75 Å². The van der Waals surface area contributed by atoms with Gasteiger partial charge in [-0.3, -0.25) is 0 Å². The summed E-state index contributed by atoms with van der Waals surface area (Å²) in [6.45, 7) is 5.12. The molecule has 0 atom stereocenters. The number of halogens is 1. The Balaban J connectivity index is 2.40. The lowest BCUT2D eigenvalue weighted by molar-refractivity contribution is 0.335. The quantitative estimate of drug-likeness (QED) is 0.736. The van der Waals surface area contributed by atoms with Crippen LogP contribution in [-0.2, 0) is 13.0 Å². The van der Waals surface area contributed by atoms with E-state index in [0.717, 1.165) is 48.7 Å². The number of imidazole rings is 1. The number of ether oxygens (including phenoxy) is 1. The second-order valence-corrected chi connectivity index (χ2v) is 5.22. The first-order valence-corrected chi connectivity index (χ1v) is 7.51. The molecule has 1 aromatic carbocycles. The Morgan fingerprint density at radius 3 is 2.85 bits per heavy atom. The predicted octanol–water partition coefficient (Wildman–Crippen LogP) is 2.78. The zero-order valence-corrected chi connectivity index (χ0v) is 13.2. The molecule has 0 aliphatic rings. The topological polar surface area (TPSA) is 30.3 Å². The Labute approximate surface area is 125 Å². The van der Waals surface area contributed by atoms with Gasteiger partial charge in [-0.05, 0) is 25.7 Å². The third kappa shape index (κ3) is 3.07. The van der Waals surface area contributed by atoms with Gasteiger partial charge < -0.3 is 14.2 Å². The molecule has 20 heavy (non-hydrogen) atoms. The highest BCUT2D eigenvalue weighted by Crippen LogP contribution is 2.26. The molecule has 0 amide bonds. The molecule has 2 aromatic rings. The van der Waals surface area contributed by atoms with Gasteiger partial charge in [0.2, 0.25) is 0 Å². The zero-order chi connectivity index (χ0) is 14.5. The Morgan fingerprint density at radius 1 is 1.40 bits per heavy atom. The lowest BCUT2D eigenvalue weighted by Crippen LogP contribution is -2.23. The van der Waals surface area contributed by atoms with Gasteiger partial charge in [-0.25, -0.2) is 4.98 Å². The average Bonchev–Trinajstić information content (AvgIpc) is 2.82. The molecular formula is C15H22ClN3O. The lowest BCUT2D eigenvalue weighted by Gasteiger charge is -2.16. The van der Waals surface area contributed by atoms with Crippen molar-refractivity contribution in [2.24, 2.45) is 0 Å². The Bertz CT molecular complexity index is 567. The molecule has 5 heteroatoms. The summed E-state index contributed by atoms with van der Waals surface area (Å²) in [5, 5.41) is 0. The van der Waals surface area contributed by atoms with Crippen molar-refractivity contribution in [3.05, 3.63) is 24.0 Å². The van der Waals surface area contributed by atoms with Gasteiger partial charge in [-0.2, -0.15) is 0 Å². The fourth-order valence-electron chi connectivity index (χ4n) is 2.29. The highest BCUT2D eigenvalue weighted by atomic mass is 35.5. The van der Waals surface area contributed by atoms with Crippen molar-refractivity contribution in [3.63, 3.8) is 0 Å². The van der Waals surface area contributed by atoms with Gasteiger partial charge in [0.15, 0.2) is 0 Å². The molecule has 4 nitrogen and oxygen atoms in total. The molecule has 0 radical (unpaired) electrons. The van der Waals surface area contributed by atoms with E-state index < -0.39 is 0 Å². The fourth-order valence-corrected chi connectivity index (χ4v) is 2.46. The molecule has 0 aliphatic carbocycles. The summed E-state index contributed by atoms with van der Waals surface area (Å²) in [5.74, 6) is 2.43. The second kappa shape index (κ2) is 6.95. The largest absolute Gasteiger partial charge is 0.494 e. The van der Waals surface area contributed by atoms with Crippen molar-refractivity contribution >= 4 is 22.6 Å². The summed E-state index contributed by atoms with van der Waals surface area (Å²) >= 11 is 5.90. The summed E-state index contributed by atoms with van der Waals surface area (Å²) in [6.07, 6.45) is 0.773. The van der Waals surface area contributed by atoms with E-state index in [1.165, 1.54) is 0 Å². The molecule has 0 unspecified atom stereocenters. The maximum Gasteiger partial charge on any atom is 0.146 e. The maximum atomic E-state index is 5.90. The molecule has 0 saturated heterocycles. The first kappa shape index (κ1) is 15.1. The van der Waals surface area contributed by atoms with E-state index >= 15 is 0 Å². The van der Waals surface area contributed by atoms with Gasteiger partial charge in [0.1, 0.15) is 17.1 Å². The van der Waals surface area contributed by atoms with E-state index in [-0.39, 0.29) is 0 Å².